The van der Waals surface area contributed by atoms with Crippen LogP contribution >= 0.6 is 0 Å². The maximum Gasteiger partial charge on any atom is 0.352 e. The number of hydrogen-bond acceptors (Lipinski definition) is 6. The van der Waals surface area contributed by atoms with Crippen LogP contribution in [0.5, 0.6) is 5.88 Å². The number of rotatable bonds is 4. The maximum atomic E-state index is 12.9. The fourth-order valence-corrected chi connectivity index (χ4v) is 6.25. The van der Waals surface area contributed by atoms with Gasteiger partial charge in [-0.3, -0.25) is 14.8 Å². The number of anilines is 1. The summed E-state index contributed by atoms with van der Waals surface area (Å²) in [4.78, 5) is 28.1. The fourth-order valence-electron chi connectivity index (χ4n) is 5.43. The number of carbonyl (C=O) groups is 2. The molecule has 0 bridgehead atoms. The molecule has 0 saturated carbocycles. The Morgan fingerprint density at radius 3 is 2.94 bits per heavy atom. The number of aryl methyl sites for hydroxylation is 1. The highest BCUT2D eigenvalue weighted by molar-refractivity contribution is 7.85. The zero-order valence-corrected chi connectivity index (χ0v) is 19.9. The van der Waals surface area contributed by atoms with Crippen molar-refractivity contribution in [1.82, 2.24) is 14.7 Å². The Balaban J connectivity index is 1.19. The summed E-state index contributed by atoms with van der Waals surface area (Å²) in [6.07, 6.45) is 5.92. The summed E-state index contributed by atoms with van der Waals surface area (Å²) in [6.45, 7) is 3.02. The minimum Gasteiger partial charge on any atom is -0.475 e. The van der Waals surface area contributed by atoms with E-state index in [1.165, 1.54) is 0 Å². The smallest absolute Gasteiger partial charge is 0.352 e. The van der Waals surface area contributed by atoms with Crippen molar-refractivity contribution in [3.63, 3.8) is 0 Å². The number of nitrogens with two attached hydrogens (primary N) is 1. The highest BCUT2D eigenvalue weighted by Crippen LogP contribution is 2.38. The van der Waals surface area contributed by atoms with Crippen LogP contribution in [0.1, 0.15) is 39.9 Å². The van der Waals surface area contributed by atoms with Crippen LogP contribution in [-0.4, -0.2) is 65.4 Å². The Kier molecular flexibility index (Phi) is 5.51. The second kappa shape index (κ2) is 8.56. The first-order valence-corrected chi connectivity index (χ1v) is 12.9. The maximum absolute atomic E-state index is 12.9. The van der Waals surface area contributed by atoms with Crippen molar-refractivity contribution in [2.75, 3.05) is 32.1 Å². The van der Waals surface area contributed by atoms with E-state index in [9.17, 15) is 9.59 Å². The predicted octanol–water partition coefficient (Wildman–Crippen LogP) is 1.86. The van der Waals surface area contributed by atoms with Crippen molar-refractivity contribution in [2.45, 2.75) is 55.7 Å². The third-order valence-electron chi connectivity index (χ3n) is 7.33. The van der Waals surface area contributed by atoms with Crippen molar-refractivity contribution >= 4 is 28.4 Å². The van der Waals surface area contributed by atoms with Crippen LogP contribution in [0.25, 0.3) is 0 Å². The predicted molar refractivity (Wildman–Crippen MR) is 126 cm³/mol. The van der Waals surface area contributed by atoms with E-state index < -0.39 is 16.9 Å². The number of nitrogens with zero attached hydrogens (tertiary/aromatic N) is 4. The summed E-state index contributed by atoms with van der Waals surface area (Å²) in [5, 5.41) is 13.7. The second-order valence-corrected chi connectivity index (χ2v) is 10.6. The van der Waals surface area contributed by atoms with Crippen molar-refractivity contribution < 1.29 is 19.1 Å². The molecule has 6 rings (SSSR count). The minimum atomic E-state index is -1.21. The molecule has 180 valence electrons. The van der Waals surface area contributed by atoms with E-state index in [4.69, 9.17) is 14.6 Å². The summed E-state index contributed by atoms with van der Waals surface area (Å²) >= 11 is 0. The number of ether oxygens (including phenoxy) is 2. The van der Waals surface area contributed by atoms with Gasteiger partial charge in [-0.25, -0.2) is 9.48 Å². The van der Waals surface area contributed by atoms with Crippen molar-refractivity contribution in [3.8, 4) is 5.88 Å². The molecule has 1 aromatic heterocycles. The van der Waals surface area contributed by atoms with Crippen LogP contribution in [0.15, 0.2) is 21.5 Å². The van der Waals surface area contributed by atoms with E-state index in [2.05, 4.69) is 19.7 Å². The number of carbonyl (C=O) groups excluding carboxylic acids is 2. The molecule has 1 saturated heterocycles. The molecule has 2 atom stereocenters. The lowest BCUT2D eigenvalue weighted by atomic mass is 9.98. The van der Waals surface area contributed by atoms with Crippen LogP contribution < -0.4 is 15.2 Å². The molecule has 0 radical (unpaired) electrons. The molecule has 0 spiro atoms. The van der Waals surface area contributed by atoms with E-state index in [0.29, 0.717) is 36.8 Å². The van der Waals surface area contributed by atoms with Crippen LogP contribution in [0.4, 0.5) is 10.5 Å². The average molecular weight is 485 g/mol. The molecule has 11 heteroatoms. The molecule has 1 aromatic carbocycles. The Morgan fingerprint density at radius 2 is 2.12 bits per heavy atom. The third kappa shape index (κ3) is 3.67. The van der Waals surface area contributed by atoms with Crippen LogP contribution in [0.2, 0.25) is 0 Å². The molecule has 34 heavy (non-hydrogen) atoms. The molecule has 2 unspecified atom stereocenters. The first kappa shape index (κ1) is 21.9. The van der Waals surface area contributed by atoms with Gasteiger partial charge in [0, 0.05) is 48.7 Å². The Hall–Kier alpha value is -2.60. The number of nitrogens with one attached hydrogen (secondary N) is 1. The largest absolute Gasteiger partial charge is 0.475 e. The standard InChI is InChI=1S/C23H28N6O4S/c1-32-15-10-28(11-15)14-9-29-22(33-12-14)20(8-25-29)34(24)27-23(31)26-21-16-4-2-3-13(16)7-18-17(21)5-6-19(18)30/h7-8,14-15H,2-6,9-12H2,1H3,(H3,24,26,27,31). The Bertz CT molecular complexity index is 1220. The highest BCUT2D eigenvalue weighted by Gasteiger charge is 2.36. The molecule has 3 N–H and O–H groups in total. The fraction of sp³-hybridized carbons (Fsp3) is 0.522. The van der Waals surface area contributed by atoms with Gasteiger partial charge in [0.15, 0.2) is 5.78 Å². The van der Waals surface area contributed by atoms with E-state index in [-0.39, 0.29) is 17.9 Å². The number of fused-ring (bicyclic) bond motifs is 3. The summed E-state index contributed by atoms with van der Waals surface area (Å²) in [6, 6.07) is 1.75. The lowest BCUT2D eigenvalue weighted by Gasteiger charge is -2.44. The molecule has 3 heterocycles. The van der Waals surface area contributed by atoms with Gasteiger partial charge in [-0.15, -0.1) is 0 Å². The molecule has 2 amide bonds. The average Bonchev–Trinajstić information content (AvgIpc) is 3.51. The van der Waals surface area contributed by atoms with Gasteiger partial charge in [0.1, 0.15) is 11.5 Å². The molecule has 2 aliphatic carbocycles. The van der Waals surface area contributed by atoms with Gasteiger partial charge in [0.05, 0.1) is 24.9 Å². The van der Waals surface area contributed by atoms with Gasteiger partial charge in [0.25, 0.3) is 0 Å². The van der Waals surface area contributed by atoms with Crippen LogP contribution in [-0.2, 0) is 41.4 Å². The molecule has 2 aromatic rings. The minimum absolute atomic E-state index is 0.147. The molecule has 10 nitrogen and oxygen atoms in total. The van der Waals surface area contributed by atoms with Crippen LogP contribution in [0, 0.1) is 0 Å². The van der Waals surface area contributed by atoms with E-state index in [1.807, 2.05) is 6.07 Å². The van der Waals surface area contributed by atoms with Crippen molar-refractivity contribution in [1.29, 1.82) is 0 Å². The highest BCUT2D eigenvalue weighted by atomic mass is 32.2. The van der Waals surface area contributed by atoms with Crippen molar-refractivity contribution in [2.24, 2.45) is 9.50 Å². The number of ketones is 1. The SMILES string of the molecule is COC1CN(C2COc3c(S(N)=NC(=O)Nc4c5c(cc6c4CCC6=O)CCC5)cnn3C2)C1. The zero-order valence-electron chi connectivity index (χ0n) is 19.1. The first-order chi connectivity index (χ1) is 16.5. The number of hydrogen-bond donors (Lipinski definition) is 2. The number of amides is 2. The van der Waals surface area contributed by atoms with E-state index in [0.717, 1.165) is 60.3 Å². The van der Waals surface area contributed by atoms with E-state index >= 15 is 0 Å². The summed E-state index contributed by atoms with van der Waals surface area (Å²) in [5.41, 5.74) is 4.73. The number of methoxy groups -OCH3 is 1. The topological polar surface area (TPSA) is 124 Å². The lowest BCUT2D eigenvalue weighted by molar-refractivity contribution is -0.0686. The molecule has 4 aliphatic rings. The van der Waals surface area contributed by atoms with Gasteiger partial charge in [-0.1, -0.05) is 0 Å². The summed E-state index contributed by atoms with van der Waals surface area (Å²) < 4.78 is 17.4. The molecular weight excluding hydrogens is 456 g/mol. The van der Waals surface area contributed by atoms with Gasteiger partial charge in [-0.05, 0) is 48.4 Å². The number of Topliss-reactive ketones (excluding diaryl/α,β-unsaturated/α-hetero) is 1. The van der Waals surface area contributed by atoms with Gasteiger partial charge in [0.2, 0.25) is 5.88 Å². The molecule has 1 fully saturated rings. The molecule has 2 aliphatic heterocycles. The summed E-state index contributed by atoms with van der Waals surface area (Å²) in [5.74, 6) is 0.725. The van der Waals surface area contributed by atoms with Gasteiger partial charge >= 0.3 is 6.03 Å². The quantitative estimate of drug-likeness (QED) is 0.679. The van der Waals surface area contributed by atoms with Gasteiger partial charge in [-0.2, -0.15) is 9.46 Å². The normalized spacial score (nSPS) is 22.6. The van der Waals surface area contributed by atoms with E-state index in [1.54, 1.807) is 18.0 Å². The monoisotopic (exact) mass is 484 g/mol. The van der Waals surface area contributed by atoms with Crippen LogP contribution in [0.3, 0.4) is 0 Å². The summed E-state index contributed by atoms with van der Waals surface area (Å²) in [7, 11) is 0.521. The lowest BCUT2D eigenvalue weighted by Crippen LogP contribution is -2.59. The number of benzene rings is 1. The Morgan fingerprint density at radius 1 is 1.26 bits per heavy atom. The van der Waals surface area contributed by atoms with Crippen molar-refractivity contribution in [3.05, 3.63) is 34.5 Å². The number of likely N-dealkylation sites (tertiary alicyclic amines) is 1. The number of aromatic nitrogens is 2. The first-order valence-electron chi connectivity index (χ1n) is 11.7. The van der Waals surface area contributed by atoms with Gasteiger partial charge < -0.3 is 14.8 Å². The molecular formula is C23H28N6O4S. The Labute approximate surface area is 200 Å². The zero-order chi connectivity index (χ0) is 23.4. The third-order valence-corrected chi connectivity index (χ3v) is 8.42. The number of urea groups is 1. The second-order valence-electron chi connectivity index (χ2n) is 9.30.